The van der Waals surface area contributed by atoms with Crippen LogP contribution in [-0.4, -0.2) is 24.0 Å². The summed E-state index contributed by atoms with van der Waals surface area (Å²) in [6.07, 6.45) is 5.77. The van der Waals surface area contributed by atoms with E-state index < -0.39 is 0 Å². The van der Waals surface area contributed by atoms with Gasteiger partial charge in [-0.2, -0.15) is 0 Å². The zero-order chi connectivity index (χ0) is 10.7. The first-order valence-corrected chi connectivity index (χ1v) is 6.24. The lowest BCUT2D eigenvalue weighted by Crippen LogP contribution is -2.45. The molecule has 1 rings (SSSR count). The Hall–Kier alpha value is -0.0400. The van der Waals surface area contributed by atoms with Gasteiger partial charge in [0.05, 0.1) is 0 Å². The molecule has 0 aromatic heterocycles. The molecular formula is C13H27N. The minimum Gasteiger partial charge on any atom is -0.301 e. The fourth-order valence-corrected chi connectivity index (χ4v) is 2.38. The Morgan fingerprint density at radius 2 is 1.71 bits per heavy atom. The van der Waals surface area contributed by atoms with Crippen molar-refractivity contribution in [2.24, 2.45) is 11.8 Å². The minimum atomic E-state index is 0.694. The van der Waals surface area contributed by atoms with Gasteiger partial charge in [0.1, 0.15) is 0 Å². The molecule has 1 saturated carbocycles. The molecule has 1 atom stereocenters. The summed E-state index contributed by atoms with van der Waals surface area (Å²) in [4.78, 5) is 2.59. The molecule has 1 aliphatic rings. The van der Waals surface area contributed by atoms with Crippen molar-refractivity contribution in [1.29, 1.82) is 0 Å². The molecular weight excluding hydrogens is 170 g/mol. The molecule has 0 aromatic rings. The summed E-state index contributed by atoms with van der Waals surface area (Å²) in [5.74, 6) is 1.83. The summed E-state index contributed by atoms with van der Waals surface area (Å²) in [5, 5.41) is 0. The van der Waals surface area contributed by atoms with Gasteiger partial charge in [-0.25, -0.2) is 0 Å². The molecule has 0 heterocycles. The van der Waals surface area contributed by atoms with Gasteiger partial charge in [-0.15, -0.1) is 0 Å². The molecule has 0 N–H and O–H groups in total. The third kappa shape index (κ3) is 2.98. The third-order valence-electron chi connectivity index (χ3n) is 3.74. The van der Waals surface area contributed by atoms with Crippen LogP contribution in [0.15, 0.2) is 0 Å². The Labute approximate surface area is 89.9 Å². The fourth-order valence-electron chi connectivity index (χ4n) is 2.38. The summed E-state index contributed by atoms with van der Waals surface area (Å²) >= 11 is 0. The lowest BCUT2D eigenvalue weighted by Gasteiger charge is -2.42. The monoisotopic (exact) mass is 197 g/mol. The van der Waals surface area contributed by atoms with E-state index in [1.54, 1.807) is 0 Å². The van der Waals surface area contributed by atoms with E-state index in [0.717, 1.165) is 17.9 Å². The predicted octanol–water partition coefficient (Wildman–Crippen LogP) is 3.54. The Kier molecular flexibility index (Phi) is 4.43. The maximum absolute atomic E-state index is 2.59. The minimum absolute atomic E-state index is 0.694. The molecule has 0 spiro atoms. The number of hydrogen-bond donors (Lipinski definition) is 0. The Morgan fingerprint density at radius 1 is 1.14 bits per heavy atom. The highest BCUT2D eigenvalue weighted by molar-refractivity contribution is 4.85. The highest BCUT2D eigenvalue weighted by Gasteiger charge is 2.31. The van der Waals surface area contributed by atoms with Crippen LogP contribution in [0.3, 0.4) is 0 Å². The maximum atomic E-state index is 2.59. The SMILES string of the molecule is CC(C)C[C@@H](C1CCC1)N(C)C(C)C. The zero-order valence-corrected chi connectivity index (χ0v) is 10.6. The van der Waals surface area contributed by atoms with Crippen molar-refractivity contribution in [2.75, 3.05) is 7.05 Å². The highest BCUT2D eigenvalue weighted by Crippen LogP contribution is 2.35. The average molecular weight is 197 g/mol. The van der Waals surface area contributed by atoms with Crippen molar-refractivity contribution in [1.82, 2.24) is 4.90 Å². The first kappa shape index (κ1) is 12.0. The van der Waals surface area contributed by atoms with E-state index in [1.807, 2.05) is 0 Å². The molecule has 84 valence electrons. The van der Waals surface area contributed by atoms with Gasteiger partial charge in [-0.05, 0) is 52.0 Å². The Bertz CT molecular complexity index is 159. The molecule has 0 aromatic carbocycles. The Morgan fingerprint density at radius 3 is 2.00 bits per heavy atom. The van der Waals surface area contributed by atoms with Crippen LogP contribution in [0.4, 0.5) is 0 Å². The zero-order valence-electron chi connectivity index (χ0n) is 10.6. The van der Waals surface area contributed by atoms with E-state index in [2.05, 4.69) is 39.6 Å². The average Bonchev–Trinajstić information content (AvgIpc) is 1.97. The summed E-state index contributed by atoms with van der Waals surface area (Å²) in [6.45, 7) is 9.32. The predicted molar refractivity (Wildman–Crippen MR) is 63.5 cm³/mol. The molecule has 1 heteroatoms. The molecule has 1 nitrogen and oxygen atoms in total. The standard InChI is InChI=1S/C13H27N/c1-10(2)9-13(12-7-6-8-12)14(5)11(3)4/h10-13H,6-9H2,1-5H3/t13-/m0/s1. The van der Waals surface area contributed by atoms with Crippen molar-refractivity contribution < 1.29 is 0 Å². The van der Waals surface area contributed by atoms with Crippen LogP contribution in [0.5, 0.6) is 0 Å². The van der Waals surface area contributed by atoms with Gasteiger partial charge < -0.3 is 4.90 Å². The van der Waals surface area contributed by atoms with Gasteiger partial charge in [0, 0.05) is 12.1 Å². The van der Waals surface area contributed by atoms with E-state index >= 15 is 0 Å². The third-order valence-corrected chi connectivity index (χ3v) is 3.74. The first-order chi connectivity index (χ1) is 6.52. The smallest absolute Gasteiger partial charge is 0.0126 e. The van der Waals surface area contributed by atoms with Crippen LogP contribution in [0.2, 0.25) is 0 Å². The quantitative estimate of drug-likeness (QED) is 0.651. The van der Waals surface area contributed by atoms with Gasteiger partial charge in [-0.3, -0.25) is 0 Å². The van der Waals surface area contributed by atoms with Crippen molar-refractivity contribution >= 4 is 0 Å². The van der Waals surface area contributed by atoms with Gasteiger partial charge in [0.15, 0.2) is 0 Å². The van der Waals surface area contributed by atoms with Crippen molar-refractivity contribution in [2.45, 2.75) is 65.5 Å². The molecule has 0 unspecified atom stereocenters. The van der Waals surface area contributed by atoms with E-state index in [0.29, 0.717) is 6.04 Å². The van der Waals surface area contributed by atoms with Crippen LogP contribution in [0.1, 0.15) is 53.4 Å². The fraction of sp³-hybridized carbons (Fsp3) is 1.00. The second kappa shape index (κ2) is 5.16. The summed E-state index contributed by atoms with van der Waals surface area (Å²) in [7, 11) is 2.30. The maximum Gasteiger partial charge on any atom is 0.0126 e. The van der Waals surface area contributed by atoms with Gasteiger partial charge in [0.25, 0.3) is 0 Å². The van der Waals surface area contributed by atoms with Gasteiger partial charge in [-0.1, -0.05) is 20.3 Å². The van der Waals surface area contributed by atoms with Crippen molar-refractivity contribution in [3.05, 3.63) is 0 Å². The van der Waals surface area contributed by atoms with E-state index in [4.69, 9.17) is 0 Å². The largest absolute Gasteiger partial charge is 0.301 e. The summed E-state index contributed by atoms with van der Waals surface area (Å²) in [5.41, 5.74) is 0. The summed E-state index contributed by atoms with van der Waals surface area (Å²) in [6, 6.07) is 1.53. The molecule has 1 fully saturated rings. The van der Waals surface area contributed by atoms with Crippen LogP contribution >= 0.6 is 0 Å². The normalized spacial score (nSPS) is 20.6. The lowest BCUT2D eigenvalue weighted by atomic mass is 9.76. The topological polar surface area (TPSA) is 3.24 Å². The van der Waals surface area contributed by atoms with E-state index in [-0.39, 0.29) is 0 Å². The van der Waals surface area contributed by atoms with Crippen molar-refractivity contribution in [3.8, 4) is 0 Å². The van der Waals surface area contributed by atoms with Crippen LogP contribution < -0.4 is 0 Å². The molecule has 14 heavy (non-hydrogen) atoms. The van der Waals surface area contributed by atoms with Crippen molar-refractivity contribution in [3.63, 3.8) is 0 Å². The Balaban J connectivity index is 2.51. The van der Waals surface area contributed by atoms with E-state index in [1.165, 1.54) is 25.7 Å². The molecule has 0 saturated heterocycles. The number of rotatable bonds is 5. The van der Waals surface area contributed by atoms with E-state index in [9.17, 15) is 0 Å². The molecule has 0 aliphatic heterocycles. The second-order valence-corrected chi connectivity index (χ2v) is 5.65. The van der Waals surface area contributed by atoms with Gasteiger partial charge in [0.2, 0.25) is 0 Å². The van der Waals surface area contributed by atoms with Crippen LogP contribution in [-0.2, 0) is 0 Å². The second-order valence-electron chi connectivity index (χ2n) is 5.65. The van der Waals surface area contributed by atoms with Crippen LogP contribution in [0.25, 0.3) is 0 Å². The first-order valence-electron chi connectivity index (χ1n) is 6.24. The highest BCUT2D eigenvalue weighted by atomic mass is 15.2. The van der Waals surface area contributed by atoms with Gasteiger partial charge >= 0.3 is 0 Å². The number of hydrogen-bond acceptors (Lipinski definition) is 1. The molecule has 0 radical (unpaired) electrons. The molecule has 0 amide bonds. The number of nitrogens with zero attached hydrogens (tertiary/aromatic N) is 1. The lowest BCUT2D eigenvalue weighted by molar-refractivity contribution is 0.0781. The molecule has 1 aliphatic carbocycles. The van der Waals surface area contributed by atoms with Crippen LogP contribution in [0, 0.1) is 11.8 Å². The molecule has 0 bridgehead atoms. The summed E-state index contributed by atoms with van der Waals surface area (Å²) < 4.78 is 0.